The van der Waals surface area contributed by atoms with Gasteiger partial charge < -0.3 is 24.5 Å². The molecule has 1 aliphatic carbocycles. The number of anilines is 1. The topological polar surface area (TPSA) is 103 Å². The Balaban J connectivity index is 1.19. The van der Waals surface area contributed by atoms with Crippen molar-refractivity contribution >= 4 is 40.0 Å². The molecule has 45 heavy (non-hydrogen) atoms. The van der Waals surface area contributed by atoms with E-state index >= 15 is 0 Å². The summed E-state index contributed by atoms with van der Waals surface area (Å²) in [6, 6.07) is 23.8. The van der Waals surface area contributed by atoms with Crippen LogP contribution in [-0.2, 0) is 22.4 Å². The second-order valence-corrected chi connectivity index (χ2v) is 12.5. The fourth-order valence-electron chi connectivity index (χ4n) is 5.42. The molecule has 0 aliphatic heterocycles. The van der Waals surface area contributed by atoms with Crippen molar-refractivity contribution < 1.29 is 23.8 Å². The number of rotatable bonds is 11. The Kier molecular flexibility index (Phi) is 9.23. The van der Waals surface area contributed by atoms with Crippen molar-refractivity contribution in [1.82, 2.24) is 9.97 Å². The van der Waals surface area contributed by atoms with Gasteiger partial charge in [0.1, 0.15) is 16.5 Å². The third kappa shape index (κ3) is 6.48. The zero-order valence-corrected chi connectivity index (χ0v) is 26.9. The molecule has 0 saturated heterocycles. The molecule has 5 aromatic rings. The first-order valence-corrected chi connectivity index (χ1v) is 16.5. The number of nitrogens with zero attached hydrogens (tertiary/aromatic N) is 1. The number of nitrogens with one attached hydrogen (secondary N) is 2. The highest BCUT2D eigenvalue weighted by molar-refractivity contribution is 7.99. The van der Waals surface area contributed by atoms with Crippen LogP contribution in [0.4, 0.5) is 5.00 Å². The lowest BCUT2D eigenvalue weighted by molar-refractivity contribution is -0.115. The average molecular weight is 640 g/mol. The molecule has 3 aromatic carbocycles. The monoisotopic (exact) mass is 639 g/mol. The van der Waals surface area contributed by atoms with E-state index in [2.05, 4.69) is 22.4 Å². The van der Waals surface area contributed by atoms with Crippen LogP contribution in [0.25, 0.3) is 33.0 Å². The van der Waals surface area contributed by atoms with Crippen LogP contribution in [-0.4, -0.2) is 48.4 Å². The van der Waals surface area contributed by atoms with Crippen LogP contribution >= 0.6 is 23.1 Å². The van der Waals surface area contributed by atoms with Crippen molar-refractivity contribution in [3.63, 3.8) is 0 Å². The van der Waals surface area contributed by atoms with Gasteiger partial charge in [0.2, 0.25) is 5.91 Å². The van der Waals surface area contributed by atoms with Crippen LogP contribution in [0.15, 0.2) is 78.0 Å². The van der Waals surface area contributed by atoms with E-state index in [0.717, 1.165) is 62.9 Å². The van der Waals surface area contributed by atoms with E-state index < -0.39 is 5.97 Å². The Morgan fingerprint density at radius 3 is 2.31 bits per heavy atom. The average Bonchev–Trinajstić information content (AvgIpc) is 3.66. The number of thioether (sulfide) groups is 1. The summed E-state index contributed by atoms with van der Waals surface area (Å²) >= 11 is 2.92. The number of amides is 1. The van der Waals surface area contributed by atoms with Crippen molar-refractivity contribution in [3.8, 4) is 44.5 Å². The molecule has 1 aliphatic rings. The zero-order valence-electron chi connectivity index (χ0n) is 25.3. The summed E-state index contributed by atoms with van der Waals surface area (Å²) in [5, 5.41) is 4.28. The first-order valence-electron chi connectivity index (χ1n) is 14.7. The van der Waals surface area contributed by atoms with Gasteiger partial charge in [0.05, 0.1) is 37.8 Å². The number of carbonyl (C=O) groups is 2. The molecule has 1 amide bonds. The maximum Gasteiger partial charge on any atom is 0.341 e. The molecule has 2 heterocycles. The van der Waals surface area contributed by atoms with Crippen LogP contribution in [0.3, 0.4) is 0 Å². The van der Waals surface area contributed by atoms with Crippen LogP contribution in [0.1, 0.15) is 34.8 Å². The molecule has 8 nitrogen and oxygen atoms in total. The maximum absolute atomic E-state index is 13.2. The minimum Gasteiger partial charge on any atom is -0.497 e. The molecule has 0 spiro atoms. The lowest BCUT2D eigenvalue weighted by Crippen LogP contribution is -2.16. The number of fused-ring (bicyclic) bond motifs is 3. The van der Waals surface area contributed by atoms with Gasteiger partial charge in [-0.2, -0.15) is 0 Å². The van der Waals surface area contributed by atoms with Gasteiger partial charge in [-0.3, -0.25) is 4.79 Å². The molecule has 0 bridgehead atoms. The standard InChI is InChI=1S/C35H33N3O5S2/c1-4-43-34(40)29-27-18-13-21-7-5-6-8-26(21)32(27)45-33(29)36-28(39)19-20-44-35-37-30(22-9-14-24(41-2)15-10-22)31(38-35)23-11-16-25(42-3)17-12-23/h5-12,14-17H,4,13,18-20H2,1-3H3,(H,36,39)(H,37,38). The number of hydrogen-bond donors (Lipinski definition) is 2. The number of carbonyl (C=O) groups excluding carboxylic acids is 2. The van der Waals surface area contributed by atoms with Gasteiger partial charge in [0.15, 0.2) is 5.16 Å². The van der Waals surface area contributed by atoms with E-state index in [4.69, 9.17) is 19.2 Å². The van der Waals surface area contributed by atoms with Gasteiger partial charge in [-0.15, -0.1) is 11.3 Å². The molecular weight excluding hydrogens is 607 g/mol. The SMILES string of the molecule is CCOC(=O)c1c(NC(=O)CCSc2nc(-c3ccc(OC)cc3)c(-c3ccc(OC)cc3)[nH]2)sc2c1CCc1ccccc1-2. The van der Waals surface area contributed by atoms with Crippen LogP contribution in [0, 0.1) is 0 Å². The summed E-state index contributed by atoms with van der Waals surface area (Å²) in [4.78, 5) is 35.6. The van der Waals surface area contributed by atoms with E-state index in [9.17, 15) is 9.59 Å². The number of H-pyrrole nitrogens is 1. The summed E-state index contributed by atoms with van der Waals surface area (Å²) in [5.74, 6) is 1.46. The molecule has 6 rings (SSSR count). The van der Waals surface area contributed by atoms with Crippen molar-refractivity contribution in [2.24, 2.45) is 0 Å². The van der Waals surface area contributed by atoms with Crippen molar-refractivity contribution in [1.29, 1.82) is 0 Å². The Bertz CT molecular complexity index is 1760. The number of imidazole rings is 1. The quantitative estimate of drug-likeness (QED) is 0.112. The number of hydrogen-bond acceptors (Lipinski definition) is 8. The Morgan fingerprint density at radius 1 is 0.933 bits per heavy atom. The van der Waals surface area contributed by atoms with E-state index in [0.29, 0.717) is 21.5 Å². The van der Waals surface area contributed by atoms with Crippen LogP contribution in [0.2, 0.25) is 0 Å². The number of aryl methyl sites for hydroxylation is 1. The van der Waals surface area contributed by atoms with Crippen molar-refractivity contribution in [3.05, 3.63) is 89.5 Å². The van der Waals surface area contributed by atoms with Gasteiger partial charge in [-0.05, 0) is 85.0 Å². The van der Waals surface area contributed by atoms with E-state index in [1.165, 1.54) is 28.7 Å². The molecule has 0 saturated carbocycles. The van der Waals surface area contributed by atoms with E-state index in [-0.39, 0.29) is 18.9 Å². The van der Waals surface area contributed by atoms with Crippen molar-refractivity contribution in [2.45, 2.75) is 31.3 Å². The Labute approximate surface area is 270 Å². The van der Waals surface area contributed by atoms with Gasteiger partial charge in [0, 0.05) is 28.2 Å². The Morgan fingerprint density at radius 2 is 1.62 bits per heavy atom. The highest BCUT2D eigenvalue weighted by Gasteiger charge is 2.29. The number of aromatic nitrogens is 2. The lowest BCUT2D eigenvalue weighted by atomic mass is 9.89. The van der Waals surface area contributed by atoms with Gasteiger partial charge in [-0.1, -0.05) is 36.0 Å². The minimum absolute atomic E-state index is 0.169. The number of ether oxygens (including phenoxy) is 3. The van der Waals surface area contributed by atoms with Crippen LogP contribution in [0.5, 0.6) is 11.5 Å². The van der Waals surface area contributed by atoms with Gasteiger partial charge >= 0.3 is 5.97 Å². The fraction of sp³-hybridized carbons (Fsp3) is 0.229. The molecule has 230 valence electrons. The molecule has 0 radical (unpaired) electrons. The molecule has 0 atom stereocenters. The molecule has 2 N–H and O–H groups in total. The fourth-order valence-corrected chi connectivity index (χ4v) is 7.55. The highest BCUT2D eigenvalue weighted by Crippen LogP contribution is 2.45. The maximum atomic E-state index is 13.2. The number of methoxy groups -OCH3 is 2. The predicted octanol–water partition coefficient (Wildman–Crippen LogP) is 7.89. The first-order chi connectivity index (χ1) is 22.0. The Hall–Kier alpha value is -4.54. The highest BCUT2D eigenvalue weighted by atomic mass is 32.2. The molecule has 0 fully saturated rings. The summed E-state index contributed by atoms with van der Waals surface area (Å²) in [6.45, 7) is 2.06. The predicted molar refractivity (Wildman–Crippen MR) is 180 cm³/mol. The summed E-state index contributed by atoms with van der Waals surface area (Å²) < 4.78 is 16.1. The summed E-state index contributed by atoms with van der Waals surface area (Å²) in [7, 11) is 3.28. The number of aromatic amines is 1. The number of thiophene rings is 1. The molecule has 2 aromatic heterocycles. The third-order valence-electron chi connectivity index (χ3n) is 7.64. The smallest absolute Gasteiger partial charge is 0.341 e. The summed E-state index contributed by atoms with van der Waals surface area (Å²) in [5.41, 5.74) is 7.38. The lowest BCUT2D eigenvalue weighted by Gasteiger charge is -2.16. The molecule has 0 unspecified atom stereocenters. The summed E-state index contributed by atoms with van der Waals surface area (Å²) in [6.07, 6.45) is 1.81. The van der Waals surface area contributed by atoms with Crippen LogP contribution < -0.4 is 14.8 Å². The normalized spacial score (nSPS) is 11.8. The second-order valence-electron chi connectivity index (χ2n) is 10.4. The zero-order chi connectivity index (χ0) is 31.3. The minimum atomic E-state index is -0.397. The molecule has 10 heteroatoms. The largest absolute Gasteiger partial charge is 0.497 e. The number of esters is 1. The van der Waals surface area contributed by atoms with Crippen molar-refractivity contribution in [2.75, 3.05) is 31.9 Å². The molecular formula is C35H33N3O5S2. The van der Waals surface area contributed by atoms with Gasteiger partial charge in [-0.25, -0.2) is 9.78 Å². The van der Waals surface area contributed by atoms with E-state index in [1.807, 2.05) is 60.7 Å². The third-order valence-corrected chi connectivity index (χ3v) is 9.69. The van der Waals surface area contributed by atoms with Gasteiger partial charge in [0.25, 0.3) is 0 Å². The number of benzene rings is 3. The second kappa shape index (κ2) is 13.6. The van der Waals surface area contributed by atoms with E-state index in [1.54, 1.807) is 21.1 Å². The first kappa shape index (κ1) is 30.5.